The summed E-state index contributed by atoms with van der Waals surface area (Å²) in [4.78, 5) is 11.3. The van der Waals surface area contributed by atoms with Crippen LogP contribution in [0.5, 0.6) is 0 Å². The van der Waals surface area contributed by atoms with Crippen LogP contribution in [-0.4, -0.2) is 4.92 Å². The highest BCUT2D eigenvalue weighted by molar-refractivity contribution is 7.10. The van der Waals surface area contributed by atoms with Crippen molar-refractivity contribution in [2.24, 2.45) is 0 Å². The van der Waals surface area contributed by atoms with E-state index in [0.717, 1.165) is 0 Å². The van der Waals surface area contributed by atoms with Gasteiger partial charge in [0.15, 0.2) is 0 Å². The molecule has 0 aliphatic carbocycles. The number of nitrogens with one attached hydrogen (secondary N) is 1. The van der Waals surface area contributed by atoms with Gasteiger partial charge in [-0.1, -0.05) is 6.07 Å². The number of anilines is 2. The minimum atomic E-state index is -0.918. The molecule has 1 aromatic heterocycles. The first kappa shape index (κ1) is 11.4. The molecular formula is C11H11N3O2S. The Morgan fingerprint density at radius 3 is 2.53 bits per heavy atom. The summed E-state index contributed by atoms with van der Waals surface area (Å²) in [5, 5.41) is 15.7. The molecule has 5 nitrogen and oxygen atoms in total. The first-order valence-corrected chi connectivity index (χ1v) is 5.84. The summed E-state index contributed by atoms with van der Waals surface area (Å²) in [5.74, 6) is 0. The van der Waals surface area contributed by atoms with Crippen LogP contribution in [0, 0.1) is 10.1 Å². The molecule has 0 bridgehead atoms. The molecule has 0 fully saturated rings. The molecule has 17 heavy (non-hydrogen) atoms. The van der Waals surface area contributed by atoms with Gasteiger partial charge >= 0.3 is 6.17 Å². The van der Waals surface area contributed by atoms with Crippen LogP contribution >= 0.6 is 11.3 Å². The normalized spacial score (nSPS) is 12.0. The van der Waals surface area contributed by atoms with E-state index in [1.807, 2.05) is 5.38 Å². The van der Waals surface area contributed by atoms with Crippen molar-refractivity contribution in [3.63, 3.8) is 0 Å². The van der Waals surface area contributed by atoms with Gasteiger partial charge in [0.25, 0.3) is 0 Å². The van der Waals surface area contributed by atoms with E-state index in [1.165, 1.54) is 11.3 Å². The van der Waals surface area contributed by atoms with Crippen LogP contribution in [0.4, 0.5) is 11.4 Å². The number of hydrogen-bond acceptors (Lipinski definition) is 5. The van der Waals surface area contributed by atoms with Crippen LogP contribution in [-0.2, 0) is 0 Å². The second kappa shape index (κ2) is 4.84. The number of benzene rings is 1. The molecule has 0 amide bonds. The third-order valence-corrected chi connectivity index (χ3v) is 3.16. The summed E-state index contributed by atoms with van der Waals surface area (Å²) < 4.78 is 0. The molecule has 1 aromatic carbocycles. The summed E-state index contributed by atoms with van der Waals surface area (Å²) in [6.45, 7) is 0. The first-order valence-electron chi connectivity index (χ1n) is 4.96. The summed E-state index contributed by atoms with van der Waals surface area (Å²) in [7, 11) is 0. The van der Waals surface area contributed by atoms with Crippen LogP contribution in [0.2, 0.25) is 0 Å². The van der Waals surface area contributed by atoms with Crippen molar-refractivity contribution in [2.45, 2.75) is 6.17 Å². The van der Waals surface area contributed by atoms with Gasteiger partial charge in [-0.2, -0.15) is 0 Å². The van der Waals surface area contributed by atoms with E-state index in [9.17, 15) is 10.1 Å². The molecule has 1 atom stereocenters. The van der Waals surface area contributed by atoms with Crippen LogP contribution in [0.15, 0.2) is 41.8 Å². The maximum absolute atomic E-state index is 11.0. The van der Waals surface area contributed by atoms with Crippen molar-refractivity contribution in [3.05, 3.63) is 56.8 Å². The Morgan fingerprint density at radius 2 is 2.00 bits per heavy atom. The maximum Gasteiger partial charge on any atom is 0.319 e. The SMILES string of the molecule is Nc1ccc(NC(c2cccs2)[N+](=O)[O-])cc1. The Bertz CT molecular complexity index is 496. The van der Waals surface area contributed by atoms with Crippen LogP contribution in [0.3, 0.4) is 0 Å². The Kier molecular flexibility index (Phi) is 3.24. The summed E-state index contributed by atoms with van der Waals surface area (Å²) in [6, 6.07) is 10.4. The Hall–Kier alpha value is -2.08. The predicted octanol–water partition coefficient (Wildman–Crippen LogP) is 2.72. The zero-order chi connectivity index (χ0) is 12.3. The van der Waals surface area contributed by atoms with E-state index in [2.05, 4.69) is 5.32 Å². The fraction of sp³-hybridized carbons (Fsp3) is 0.0909. The van der Waals surface area contributed by atoms with Crippen molar-refractivity contribution >= 4 is 22.7 Å². The fourth-order valence-corrected chi connectivity index (χ4v) is 2.16. The standard InChI is InChI=1S/C11H11N3O2S/c12-8-3-5-9(6-4-8)13-11(14(15)16)10-2-1-7-17-10/h1-7,11,13H,12H2. The molecule has 1 unspecified atom stereocenters. The summed E-state index contributed by atoms with van der Waals surface area (Å²) in [5.41, 5.74) is 6.86. The molecule has 1 heterocycles. The monoisotopic (exact) mass is 249 g/mol. The van der Waals surface area contributed by atoms with E-state index in [1.54, 1.807) is 36.4 Å². The van der Waals surface area contributed by atoms with Crippen LogP contribution < -0.4 is 11.1 Å². The lowest BCUT2D eigenvalue weighted by Gasteiger charge is -2.11. The smallest absolute Gasteiger partial charge is 0.319 e. The van der Waals surface area contributed by atoms with Gasteiger partial charge in [0.1, 0.15) is 0 Å². The van der Waals surface area contributed by atoms with Crippen LogP contribution in [0.1, 0.15) is 11.0 Å². The third-order valence-electron chi connectivity index (χ3n) is 2.24. The second-order valence-corrected chi connectivity index (χ2v) is 4.45. The van der Waals surface area contributed by atoms with E-state index in [4.69, 9.17) is 5.73 Å². The fourth-order valence-electron chi connectivity index (χ4n) is 1.41. The Labute approximate surface area is 102 Å². The van der Waals surface area contributed by atoms with Crippen molar-refractivity contribution in [3.8, 4) is 0 Å². The molecule has 0 saturated carbocycles. The first-order chi connectivity index (χ1) is 8.16. The number of hydrogen-bond donors (Lipinski definition) is 2. The molecule has 0 aliphatic heterocycles. The molecule has 2 rings (SSSR count). The molecule has 0 aliphatic rings. The van der Waals surface area contributed by atoms with Crippen LogP contribution in [0.25, 0.3) is 0 Å². The zero-order valence-corrected chi connectivity index (χ0v) is 9.68. The molecule has 88 valence electrons. The molecule has 0 spiro atoms. The maximum atomic E-state index is 11.0. The van der Waals surface area contributed by atoms with Gasteiger partial charge in [-0.15, -0.1) is 11.3 Å². The number of nitrogens with two attached hydrogens (primary N) is 1. The van der Waals surface area contributed by atoms with Crippen molar-refractivity contribution in [1.29, 1.82) is 0 Å². The van der Waals surface area contributed by atoms with E-state index in [0.29, 0.717) is 16.3 Å². The molecule has 2 aromatic rings. The number of nitro groups is 1. The van der Waals surface area contributed by atoms with E-state index in [-0.39, 0.29) is 4.92 Å². The van der Waals surface area contributed by atoms with Gasteiger partial charge in [-0.05, 0) is 35.7 Å². The topological polar surface area (TPSA) is 81.2 Å². The highest BCUT2D eigenvalue weighted by Gasteiger charge is 2.23. The van der Waals surface area contributed by atoms with E-state index >= 15 is 0 Å². The molecule has 6 heteroatoms. The minimum Gasteiger partial charge on any atom is -0.399 e. The van der Waals surface area contributed by atoms with Gasteiger partial charge in [0, 0.05) is 11.4 Å². The molecule has 0 radical (unpaired) electrons. The lowest BCUT2D eigenvalue weighted by atomic mass is 10.2. The van der Waals surface area contributed by atoms with Crippen molar-refractivity contribution in [2.75, 3.05) is 11.1 Å². The second-order valence-electron chi connectivity index (χ2n) is 3.47. The Balaban J connectivity index is 2.19. The van der Waals surface area contributed by atoms with Gasteiger partial charge < -0.3 is 11.1 Å². The molecule has 0 saturated heterocycles. The Morgan fingerprint density at radius 1 is 1.29 bits per heavy atom. The quantitative estimate of drug-likeness (QED) is 0.378. The minimum absolute atomic E-state index is 0.345. The molecule has 3 N–H and O–H groups in total. The zero-order valence-electron chi connectivity index (χ0n) is 8.87. The van der Waals surface area contributed by atoms with Gasteiger partial charge in [-0.3, -0.25) is 10.1 Å². The lowest BCUT2D eigenvalue weighted by Crippen LogP contribution is -2.18. The largest absolute Gasteiger partial charge is 0.399 e. The number of nitrogen functional groups attached to an aromatic ring is 1. The molecular weight excluding hydrogens is 238 g/mol. The van der Waals surface area contributed by atoms with Crippen molar-refractivity contribution in [1.82, 2.24) is 0 Å². The number of rotatable bonds is 4. The van der Waals surface area contributed by atoms with Gasteiger partial charge in [0.2, 0.25) is 0 Å². The lowest BCUT2D eigenvalue weighted by molar-refractivity contribution is -0.520. The summed E-state index contributed by atoms with van der Waals surface area (Å²) >= 11 is 1.35. The number of thiophene rings is 1. The van der Waals surface area contributed by atoms with Gasteiger partial charge in [0.05, 0.1) is 9.80 Å². The predicted molar refractivity (Wildman–Crippen MR) is 68.5 cm³/mol. The highest BCUT2D eigenvalue weighted by atomic mass is 32.1. The van der Waals surface area contributed by atoms with E-state index < -0.39 is 6.17 Å². The van der Waals surface area contributed by atoms with Gasteiger partial charge in [-0.25, -0.2) is 0 Å². The average Bonchev–Trinajstić information content (AvgIpc) is 2.81. The summed E-state index contributed by atoms with van der Waals surface area (Å²) in [6.07, 6.45) is -0.918. The van der Waals surface area contributed by atoms with Crippen molar-refractivity contribution < 1.29 is 4.92 Å². The average molecular weight is 249 g/mol. The number of nitrogens with zero attached hydrogens (tertiary/aromatic N) is 1. The highest BCUT2D eigenvalue weighted by Crippen LogP contribution is 2.24. The third kappa shape index (κ3) is 2.73.